The second-order valence-corrected chi connectivity index (χ2v) is 5.78. The maximum absolute atomic E-state index is 12.0. The van der Waals surface area contributed by atoms with Gasteiger partial charge in [0.15, 0.2) is 6.61 Å². The minimum atomic E-state index is -0.415. The minimum Gasteiger partial charge on any atom is -0.484 e. The largest absolute Gasteiger partial charge is 0.484 e. The van der Waals surface area contributed by atoms with Crippen LogP contribution in [-0.2, 0) is 9.53 Å². The molecule has 0 heterocycles. The lowest BCUT2D eigenvalue weighted by molar-refractivity contribution is -0.118. The molecule has 2 aromatic carbocycles. The number of rotatable bonds is 7. The van der Waals surface area contributed by atoms with Crippen molar-refractivity contribution in [3.05, 3.63) is 59.7 Å². The van der Waals surface area contributed by atoms with Crippen molar-refractivity contribution >= 4 is 17.6 Å². The fourth-order valence-corrected chi connectivity index (χ4v) is 2.28. The Bertz CT molecular complexity index is 707. The van der Waals surface area contributed by atoms with Crippen LogP contribution in [0.15, 0.2) is 48.5 Å². The van der Waals surface area contributed by atoms with Gasteiger partial charge in [-0.2, -0.15) is 0 Å². The molecule has 1 atom stereocenters. The second-order valence-electron chi connectivity index (χ2n) is 5.78. The molecule has 0 fully saturated rings. The Morgan fingerprint density at radius 2 is 1.68 bits per heavy atom. The molecule has 0 aliphatic rings. The Morgan fingerprint density at radius 1 is 1.04 bits per heavy atom. The number of hydrogen-bond donors (Lipinski definition) is 1. The quantitative estimate of drug-likeness (QED) is 0.773. The van der Waals surface area contributed by atoms with Gasteiger partial charge in [-0.15, -0.1) is 0 Å². The van der Waals surface area contributed by atoms with Crippen LogP contribution in [0.5, 0.6) is 5.75 Å². The van der Waals surface area contributed by atoms with E-state index in [0.717, 1.165) is 6.42 Å². The van der Waals surface area contributed by atoms with E-state index in [1.165, 1.54) is 12.7 Å². The van der Waals surface area contributed by atoms with Gasteiger partial charge in [0, 0.05) is 5.69 Å². The first-order chi connectivity index (χ1) is 12.0. The lowest BCUT2D eigenvalue weighted by Gasteiger charge is -2.11. The van der Waals surface area contributed by atoms with Crippen LogP contribution in [-0.4, -0.2) is 25.6 Å². The standard InChI is InChI=1S/C20H23NO4/c1-4-14(2)15-7-11-18(12-8-15)25-13-19(22)21-17-9-5-16(6-10-17)20(23)24-3/h5-12,14H,4,13H2,1-3H3,(H,21,22)/t14-/m0/s1. The predicted molar refractivity (Wildman–Crippen MR) is 97.1 cm³/mol. The van der Waals surface area contributed by atoms with E-state index in [4.69, 9.17) is 4.74 Å². The summed E-state index contributed by atoms with van der Waals surface area (Å²) in [5.74, 6) is 0.479. The molecule has 25 heavy (non-hydrogen) atoms. The summed E-state index contributed by atoms with van der Waals surface area (Å²) in [6.07, 6.45) is 1.08. The lowest BCUT2D eigenvalue weighted by Crippen LogP contribution is -2.20. The zero-order chi connectivity index (χ0) is 18.2. The number of amides is 1. The Kier molecular flexibility index (Phi) is 6.57. The Hall–Kier alpha value is -2.82. The average molecular weight is 341 g/mol. The molecule has 132 valence electrons. The molecule has 0 aliphatic carbocycles. The first-order valence-electron chi connectivity index (χ1n) is 8.24. The number of nitrogens with one attached hydrogen (secondary N) is 1. The van der Waals surface area contributed by atoms with E-state index in [0.29, 0.717) is 22.9 Å². The summed E-state index contributed by atoms with van der Waals surface area (Å²) in [6.45, 7) is 4.24. The Labute approximate surface area is 148 Å². The highest BCUT2D eigenvalue weighted by Gasteiger charge is 2.08. The third kappa shape index (κ3) is 5.35. The van der Waals surface area contributed by atoms with E-state index in [1.54, 1.807) is 24.3 Å². The maximum atomic E-state index is 12.0. The number of methoxy groups -OCH3 is 1. The van der Waals surface area contributed by atoms with E-state index < -0.39 is 5.97 Å². The highest BCUT2D eigenvalue weighted by Crippen LogP contribution is 2.21. The molecule has 0 bridgehead atoms. The summed E-state index contributed by atoms with van der Waals surface area (Å²) in [5.41, 5.74) is 2.27. The number of esters is 1. The van der Waals surface area contributed by atoms with Crippen molar-refractivity contribution < 1.29 is 19.1 Å². The molecule has 1 amide bonds. The molecule has 0 aromatic heterocycles. The van der Waals surface area contributed by atoms with Crippen LogP contribution < -0.4 is 10.1 Å². The number of carbonyl (C=O) groups is 2. The van der Waals surface area contributed by atoms with Crippen LogP contribution in [0.1, 0.15) is 42.1 Å². The number of ether oxygens (including phenoxy) is 2. The minimum absolute atomic E-state index is 0.0819. The van der Waals surface area contributed by atoms with Crippen molar-refractivity contribution in [2.75, 3.05) is 19.0 Å². The van der Waals surface area contributed by atoms with E-state index in [9.17, 15) is 9.59 Å². The van der Waals surface area contributed by atoms with E-state index in [2.05, 4.69) is 23.9 Å². The Balaban J connectivity index is 1.85. The van der Waals surface area contributed by atoms with Crippen LogP contribution in [0.25, 0.3) is 0 Å². The third-order valence-electron chi connectivity index (χ3n) is 4.02. The summed E-state index contributed by atoms with van der Waals surface area (Å²) in [6, 6.07) is 14.3. The molecule has 0 saturated carbocycles. The molecule has 2 rings (SSSR count). The van der Waals surface area contributed by atoms with Crippen molar-refractivity contribution in [3.63, 3.8) is 0 Å². The fraction of sp³-hybridized carbons (Fsp3) is 0.300. The fourth-order valence-electron chi connectivity index (χ4n) is 2.28. The van der Waals surface area contributed by atoms with Crippen LogP contribution >= 0.6 is 0 Å². The van der Waals surface area contributed by atoms with Crippen molar-refractivity contribution in [1.82, 2.24) is 0 Å². The molecule has 0 unspecified atom stereocenters. The number of carbonyl (C=O) groups excluding carboxylic acids is 2. The first-order valence-corrected chi connectivity index (χ1v) is 8.24. The SMILES string of the molecule is CC[C@H](C)c1ccc(OCC(=O)Nc2ccc(C(=O)OC)cc2)cc1. The predicted octanol–water partition coefficient (Wildman–Crippen LogP) is 4.00. The molecule has 5 heteroatoms. The molecule has 1 N–H and O–H groups in total. The van der Waals surface area contributed by atoms with Gasteiger partial charge in [-0.25, -0.2) is 4.79 Å². The normalized spacial score (nSPS) is 11.5. The van der Waals surface area contributed by atoms with Gasteiger partial charge in [0.2, 0.25) is 0 Å². The highest BCUT2D eigenvalue weighted by atomic mass is 16.5. The van der Waals surface area contributed by atoms with E-state index in [1.807, 2.05) is 24.3 Å². The van der Waals surface area contributed by atoms with Gasteiger partial charge in [0.25, 0.3) is 5.91 Å². The average Bonchev–Trinajstić information content (AvgIpc) is 2.66. The topological polar surface area (TPSA) is 64.6 Å². The number of hydrogen-bond acceptors (Lipinski definition) is 4. The monoisotopic (exact) mass is 341 g/mol. The summed E-state index contributed by atoms with van der Waals surface area (Å²) in [5, 5.41) is 2.72. The zero-order valence-electron chi connectivity index (χ0n) is 14.7. The highest BCUT2D eigenvalue weighted by molar-refractivity contribution is 5.93. The van der Waals surface area contributed by atoms with Gasteiger partial charge >= 0.3 is 5.97 Å². The molecular formula is C20H23NO4. The summed E-state index contributed by atoms with van der Waals surface area (Å²) >= 11 is 0. The number of anilines is 1. The summed E-state index contributed by atoms with van der Waals surface area (Å²) in [4.78, 5) is 23.3. The number of benzene rings is 2. The van der Waals surface area contributed by atoms with Gasteiger partial charge < -0.3 is 14.8 Å². The van der Waals surface area contributed by atoms with E-state index in [-0.39, 0.29) is 12.5 Å². The molecule has 0 radical (unpaired) electrons. The summed E-state index contributed by atoms with van der Waals surface area (Å²) in [7, 11) is 1.32. The van der Waals surface area contributed by atoms with Crippen molar-refractivity contribution in [2.24, 2.45) is 0 Å². The molecule has 5 nitrogen and oxygen atoms in total. The molecule has 2 aromatic rings. The maximum Gasteiger partial charge on any atom is 0.337 e. The van der Waals surface area contributed by atoms with Crippen molar-refractivity contribution in [3.8, 4) is 5.75 Å². The van der Waals surface area contributed by atoms with Gasteiger partial charge in [-0.05, 0) is 54.3 Å². The van der Waals surface area contributed by atoms with Crippen molar-refractivity contribution in [2.45, 2.75) is 26.2 Å². The van der Waals surface area contributed by atoms with Crippen molar-refractivity contribution in [1.29, 1.82) is 0 Å². The lowest BCUT2D eigenvalue weighted by atomic mass is 9.99. The zero-order valence-corrected chi connectivity index (χ0v) is 14.7. The molecular weight excluding hydrogens is 318 g/mol. The molecule has 0 spiro atoms. The van der Waals surface area contributed by atoms with Crippen LogP contribution in [0.3, 0.4) is 0 Å². The van der Waals surface area contributed by atoms with Gasteiger partial charge in [-0.1, -0.05) is 26.0 Å². The first kappa shape index (κ1) is 18.5. The van der Waals surface area contributed by atoms with Gasteiger partial charge in [0.1, 0.15) is 5.75 Å². The van der Waals surface area contributed by atoms with E-state index >= 15 is 0 Å². The van der Waals surface area contributed by atoms with Gasteiger partial charge in [0.05, 0.1) is 12.7 Å². The summed E-state index contributed by atoms with van der Waals surface area (Å²) < 4.78 is 10.1. The Morgan fingerprint density at radius 3 is 2.24 bits per heavy atom. The molecule has 0 saturated heterocycles. The van der Waals surface area contributed by atoms with Crippen LogP contribution in [0.2, 0.25) is 0 Å². The smallest absolute Gasteiger partial charge is 0.337 e. The van der Waals surface area contributed by atoms with Gasteiger partial charge in [-0.3, -0.25) is 4.79 Å². The third-order valence-corrected chi connectivity index (χ3v) is 4.02. The molecule has 0 aliphatic heterocycles. The second kappa shape index (κ2) is 8.87. The van der Waals surface area contributed by atoms with Crippen LogP contribution in [0, 0.1) is 0 Å². The van der Waals surface area contributed by atoms with Crippen LogP contribution in [0.4, 0.5) is 5.69 Å².